The van der Waals surface area contributed by atoms with Crippen LogP contribution < -0.4 is 20.9 Å². The minimum absolute atomic E-state index is 0.0442. The van der Waals surface area contributed by atoms with Gasteiger partial charge in [-0.2, -0.15) is 5.10 Å². The van der Waals surface area contributed by atoms with Crippen LogP contribution in [0.1, 0.15) is 30.1 Å². The molecule has 1 spiro atoms. The summed E-state index contributed by atoms with van der Waals surface area (Å²) in [5.41, 5.74) is 10.3. The number of rotatable bonds is 2. The molecule has 0 bridgehead atoms. The molecule has 5 aromatic rings. The van der Waals surface area contributed by atoms with E-state index in [0.717, 1.165) is 59.8 Å². The van der Waals surface area contributed by atoms with Gasteiger partial charge in [-0.15, -0.1) is 0 Å². The zero-order valence-electron chi connectivity index (χ0n) is 20.8. The Kier molecular flexibility index (Phi) is 4.68. The van der Waals surface area contributed by atoms with Gasteiger partial charge in [0.1, 0.15) is 16.9 Å². The third-order valence-corrected chi connectivity index (χ3v) is 7.92. The predicted octanol–water partition coefficient (Wildman–Crippen LogP) is 3.41. The van der Waals surface area contributed by atoms with Gasteiger partial charge in [-0.25, -0.2) is 14.6 Å². The maximum absolute atomic E-state index is 12.6. The van der Waals surface area contributed by atoms with E-state index in [1.807, 2.05) is 49.4 Å². The van der Waals surface area contributed by atoms with Crippen molar-refractivity contribution < 1.29 is 4.74 Å². The van der Waals surface area contributed by atoms with Gasteiger partial charge in [0, 0.05) is 55.5 Å². The first-order valence-electron chi connectivity index (χ1n) is 12.5. The van der Waals surface area contributed by atoms with Gasteiger partial charge in [0.05, 0.1) is 23.6 Å². The van der Waals surface area contributed by atoms with Crippen molar-refractivity contribution in [3.8, 4) is 11.4 Å². The number of piperidine rings is 1. The van der Waals surface area contributed by atoms with E-state index >= 15 is 0 Å². The number of anilines is 1. The van der Waals surface area contributed by atoms with Crippen molar-refractivity contribution in [2.45, 2.75) is 31.4 Å². The van der Waals surface area contributed by atoms with Gasteiger partial charge < -0.3 is 19.9 Å². The van der Waals surface area contributed by atoms with E-state index in [9.17, 15) is 4.79 Å². The SMILES string of the molecule is Cc1nc2c(cnn2-c2cccc3c(=O)n(C)ccc23)nc1N1CCC2(CC1)Oc1ccccc1[C@H]2N. The van der Waals surface area contributed by atoms with Gasteiger partial charge in [0.2, 0.25) is 0 Å². The summed E-state index contributed by atoms with van der Waals surface area (Å²) in [7, 11) is 1.75. The molecule has 37 heavy (non-hydrogen) atoms. The third kappa shape index (κ3) is 3.20. The van der Waals surface area contributed by atoms with Crippen LogP contribution in [0.4, 0.5) is 5.82 Å². The van der Waals surface area contributed by atoms with Crippen LogP contribution in [0.15, 0.2) is 65.7 Å². The average molecular weight is 494 g/mol. The minimum Gasteiger partial charge on any atom is -0.485 e. The average Bonchev–Trinajstić information content (AvgIpc) is 3.44. The summed E-state index contributed by atoms with van der Waals surface area (Å²) in [6.07, 6.45) is 5.14. The molecule has 1 atom stereocenters. The molecule has 0 radical (unpaired) electrons. The molecular formula is C28H27N7O2. The summed E-state index contributed by atoms with van der Waals surface area (Å²) >= 11 is 0. The minimum atomic E-state index is -0.373. The highest BCUT2D eigenvalue weighted by molar-refractivity contribution is 5.91. The van der Waals surface area contributed by atoms with Crippen molar-refractivity contribution in [2.75, 3.05) is 18.0 Å². The number of hydrogen-bond donors (Lipinski definition) is 1. The summed E-state index contributed by atoms with van der Waals surface area (Å²) in [6.45, 7) is 3.54. The molecular weight excluding hydrogens is 466 g/mol. The zero-order chi connectivity index (χ0) is 25.3. The molecule has 2 aromatic carbocycles. The zero-order valence-corrected chi connectivity index (χ0v) is 20.8. The number of nitrogens with two attached hydrogens (primary N) is 1. The largest absolute Gasteiger partial charge is 0.485 e. The Morgan fingerprint density at radius 3 is 2.65 bits per heavy atom. The first kappa shape index (κ1) is 22.0. The van der Waals surface area contributed by atoms with Crippen molar-refractivity contribution in [1.82, 2.24) is 24.3 Å². The predicted molar refractivity (Wildman–Crippen MR) is 142 cm³/mol. The Hall–Kier alpha value is -4.24. The number of ether oxygens (including phenoxy) is 1. The van der Waals surface area contributed by atoms with E-state index in [1.54, 1.807) is 28.7 Å². The van der Waals surface area contributed by atoms with Crippen LogP contribution in [-0.4, -0.2) is 43.0 Å². The maximum Gasteiger partial charge on any atom is 0.258 e. The fourth-order valence-electron chi connectivity index (χ4n) is 5.85. The van der Waals surface area contributed by atoms with E-state index in [2.05, 4.69) is 16.1 Å². The molecule has 1 saturated heterocycles. The molecule has 3 aromatic heterocycles. The summed E-state index contributed by atoms with van der Waals surface area (Å²) in [6, 6.07) is 15.5. The van der Waals surface area contributed by atoms with Crippen molar-refractivity contribution in [2.24, 2.45) is 12.8 Å². The van der Waals surface area contributed by atoms with Crippen LogP contribution in [0.25, 0.3) is 27.6 Å². The van der Waals surface area contributed by atoms with Crippen LogP contribution in [0.3, 0.4) is 0 Å². The number of pyridine rings is 1. The monoisotopic (exact) mass is 493 g/mol. The molecule has 2 aliphatic rings. The van der Waals surface area contributed by atoms with Crippen LogP contribution in [0, 0.1) is 6.92 Å². The van der Waals surface area contributed by atoms with Crippen molar-refractivity contribution in [1.29, 1.82) is 0 Å². The van der Waals surface area contributed by atoms with Gasteiger partial charge in [0.25, 0.3) is 5.56 Å². The molecule has 9 nitrogen and oxygen atoms in total. The smallest absolute Gasteiger partial charge is 0.258 e. The second-order valence-electron chi connectivity index (χ2n) is 10.0. The lowest BCUT2D eigenvalue weighted by molar-refractivity contribution is 0.0431. The Morgan fingerprint density at radius 1 is 1.03 bits per heavy atom. The number of benzene rings is 2. The fourth-order valence-corrected chi connectivity index (χ4v) is 5.85. The summed E-state index contributed by atoms with van der Waals surface area (Å²) in [4.78, 5) is 24.8. The highest BCUT2D eigenvalue weighted by atomic mass is 16.5. The number of aromatic nitrogens is 5. The normalized spacial score (nSPS) is 18.5. The van der Waals surface area contributed by atoms with Crippen LogP contribution >= 0.6 is 0 Å². The summed E-state index contributed by atoms with van der Waals surface area (Å²) in [5.74, 6) is 1.76. The molecule has 0 amide bonds. The van der Waals surface area contributed by atoms with Crippen LogP contribution in [-0.2, 0) is 7.05 Å². The van der Waals surface area contributed by atoms with Gasteiger partial charge in [-0.3, -0.25) is 4.79 Å². The van der Waals surface area contributed by atoms with E-state index in [-0.39, 0.29) is 17.2 Å². The number of para-hydroxylation sites is 1. The lowest BCUT2D eigenvalue weighted by Crippen LogP contribution is -2.51. The van der Waals surface area contributed by atoms with Gasteiger partial charge in [-0.1, -0.05) is 24.3 Å². The molecule has 2 aliphatic heterocycles. The molecule has 0 saturated carbocycles. The van der Waals surface area contributed by atoms with Gasteiger partial charge in [-0.05, 0) is 31.2 Å². The number of hydrogen-bond acceptors (Lipinski definition) is 7. The Bertz CT molecular complexity index is 1750. The molecule has 0 unspecified atom stereocenters. The first-order chi connectivity index (χ1) is 17.9. The standard InChI is InChI=1S/C28H27N7O2/c1-17-25(34-14-11-28(12-15-34)24(29)20-6-3-4-9-23(20)37-28)32-21-16-30-35(26(21)31-17)22-8-5-7-19-18(22)10-13-33(2)27(19)36/h3-10,13,16,24H,11-12,14-15,29H2,1-2H3/t24-/m1/s1. The van der Waals surface area contributed by atoms with E-state index in [4.69, 9.17) is 20.4 Å². The lowest BCUT2D eigenvalue weighted by atomic mass is 9.83. The highest BCUT2D eigenvalue weighted by Crippen LogP contribution is 2.47. The maximum atomic E-state index is 12.6. The summed E-state index contributed by atoms with van der Waals surface area (Å²) in [5, 5.41) is 6.08. The lowest BCUT2D eigenvalue weighted by Gasteiger charge is -2.41. The van der Waals surface area contributed by atoms with Crippen molar-refractivity contribution in [3.63, 3.8) is 0 Å². The van der Waals surface area contributed by atoms with Crippen molar-refractivity contribution >= 4 is 27.8 Å². The first-order valence-corrected chi connectivity index (χ1v) is 12.5. The molecule has 1 fully saturated rings. The van der Waals surface area contributed by atoms with Gasteiger partial charge in [0.15, 0.2) is 11.5 Å². The van der Waals surface area contributed by atoms with E-state index in [1.165, 1.54) is 0 Å². The molecule has 186 valence electrons. The topological polar surface area (TPSA) is 104 Å². The molecule has 9 heteroatoms. The Balaban J connectivity index is 1.21. The molecule has 5 heterocycles. The Labute approximate surface area is 213 Å². The third-order valence-electron chi connectivity index (χ3n) is 7.92. The second-order valence-corrected chi connectivity index (χ2v) is 10.0. The van der Waals surface area contributed by atoms with E-state index in [0.29, 0.717) is 16.6 Å². The quantitative estimate of drug-likeness (QED) is 0.402. The van der Waals surface area contributed by atoms with Crippen LogP contribution in [0.5, 0.6) is 5.75 Å². The number of aryl methyl sites for hydroxylation is 2. The molecule has 7 rings (SSSR count). The highest BCUT2D eigenvalue weighted by Gasteiger charge is 2.48. The summed E-state index contributed by atoms with van der Waals surface area (Å²) < 4.78 is 9.76. The van der Waals surface area contributed by atoms with Crippen molar-refractivity contribution in [3.05, 3.63) is 82.5 Å². The number of fused-ring (bicyclic) bond motifs is 3. The second kappa shape index (κ2) is 7.88. The van der Waals surface area contributed by atoms with Crippen LogP contribution in [0.2, 0.25) is 0 Å². The fraction of sp³-hybridized carbons (Fsp3) is 0.286. The molecule has 0 aliphatic carbocycles. The Morgan fingerprint density at radius 2 is 1.84 bits per heavy atom. The molecule has 2 N–H and O–H groups in total. The number of nitrogens with zero attached hydrogens (tertiary/aromatic N) is 6. The van der Waals surface area contributed by atoms with E-state index < -0.39 is 0 Å². The van der Waals surface area contributed by atoms with Gasteiger partial charge >= 0.3 is 0 Å².